The highest BCUT2D eigenvalue weighted by Gasteiger charge is 2.66. The number of rotatable bonds is 0. The molecule has 4 saturated carbocycles. The van der Waals surface area contributed by atoms with E-state index in [9.17, 15) is 0 Å². The summed E-state index contributed by atoms with van der Waals surface area (Å²) < 4.78 is 0. The van der Waals surface area contributed by atoms with Gasteiger partial charge < -0.3 is 0 Å². The first kappa shape index (κ1) is 10.2. The molecule has 4 fully saturated rings. The fourth-order valence-corrected chi connectivity index (χ4v) is 4.45. The van der Waals surface area contributed by atoms with E-state index in [2.05, 4.69) is 27.7 Å². The van der Waals surface area contributed by atoms with Crippen molar-refractivity contribution in [3.63, 3.8) is 0 Å². The van der Waals surface area contributed by atoms with Gasteiger partial charge in [0.2, 0.25) is 0 Å². The van der Waals surface area contributed by atoms with Gasteiger partial charge in [0.1, 0.15) is 0 Å². The van der Waals surface area contributed by atoms with Crippen LogP contribution in [0.2, 0.25) is 0 Å². The van der Waals surface area contributed by atoms with Crippen LogP contribution in [0.4, 0.5) is 0 Å². The molecule has 4 aliphatic carbocycles. The summed E-state index contributed by atoms with van der Waals surface area (Å²) in [5.41, 5.74) is 1.81. The molecule has 4 rings (SSSR count). The lowest BCUT2D eigenvalue weighted by Gasteiger charge is -2.26. The summed E-state index contributed by atoms with van der Waals surface area (Å²) in [6.45, 7) is 9.59. The summed E-state index contributed by atoms with van der Waals surface area (Å²) in [6, 6.07) is 0. The minimum atomic E-state index is 0.889. The van der Waals surface area contributed by atoms with Gasteiger partial charge in [0.05, 0.1) is 0 Å². The van der Waals surface area contributed by atoms with E-state index >= 15 is 0 Å². The molecule has 0 aromatic carbocycles. The van der Waals surface area contributed by atoms with Crippen LogP contribution >= 0.6 is 0 Å². The van der Waals surface area contributed by atoms with E-state index in [0.29, 0.717) is 0 Å². The van der Waals surface area contributed by atoms with Crippen molar-refractivity contribution >= 4 is 0 Å². The molecule has 4 unspecified atom stereocenters. The number of hydrogen-bond acceptors (Lipinski definition) is 0. The summed E-state index contributed by atoms with van der Waals surface area (Å²) in [4.78, 5) is 0. The molecule has 86 valence electrons. The van der Waals surface area contributed by atoms with E-state index in [1.54, 1.807) is 0 Å². The first-order valence-corrected chi connectivity index (χ1v) is 7.04. The zero-order valence-corrected chi connectivity index (χ0v) is 10.8. The Morgan fingerprint density at radius 2 is 0.933 bits per heavy atom. The van der Waals surface area contributed by atoms with Crippen LogP contribution in [0.25, 0.3) is 0 Å². The quantitative estimate of drug-likeness (QED) is 0.547. The molecule has 0 heterocycles. The lowest BCUT2D eigenvalue weighted by atomic mass is 9.79. The Labute approximate surface area is 94.8 Å². The van der Waals surface area contributed by atoms with Crippen molar-refractivity contribution in [1.82, 2.24) is 0 Å². The van der Waals surface area contributed by atoms with Gasteiger partial charge in [-0.15, -0.1) is 0 Å². The molecule has 0 radical (unpaired) electrons. The molecular weight excluding hydrogens is 180 g/mol. The normalized spacial score (nSPS) is 50.4. The Hall–Kier alpha value is 0. The predicted octanol–water partition coefficient (Wildman–Crippen LogP) is 4.49. The highest BCUT2D eigenvalue weighted by molar-refractivity contribution is 5.15. The van der Waals surface area contributed by atoms with Crippen molar-refractivity contribution in [1.29, 1.82) is 0 Å². The third-order valence-electron chi connectivity index (χ3n) is 7.02. The van der Waals surface area contributed by atoms with E-state index in [1.165, 1.54) is 32.1 Å². The van der Waals surface area contributed by atoms with Gasteiger partial charge in [-0.25, -0.2) is 0 Å². The average molecular weight is 206 g/mol. The van der Waals surface area contributed by atoms with E-state index in [1.807, 2.05) is 0 Å². The van der Waals surface area contributed by atoms with Crippen LogP contribution in [0, 0.1) is 34.5 Å². The second-order valence-corrected chi connectivity index (χ2v) is 6.97. The van der Waals surface area contributed by atoms with Crippen molar-refractivity contribution in [2.24, 2.45) is 34.5 Å². The SMILES string of the molecule is CC1C(C)C12CC2.CC1C(C)C12CCC2. The van der Waals surface area contributed by atoms with Crippen LogP contribution in [0.3, 0.4) is 0 Å². The smallest absolute Gasteiger partial charge is 0.0240 e. The van der Waals surface area contributed by atoms with Crippen molar-refractivity contribution in [3.05, 3.63) is 0 Å². The molecule has 0 saturated heterocycles. The van der Waals surface area contributed by atoms with Gasteiger partial charge in [-0.2, -0.15) is 0 Å². The molecular formula is C15H26. The van der Waals surface area contributed by atoms with Gasteiger partial charge in [0.25, 0.3) is 0 Å². The zero-order chi connectivity index (χ0) is 10.8. The average Bonchev–Trinajstić information content (AvgIpc) is 3.05. The highest BCUT2D eigenvalue weighted by atomic mass is 14.7. The van der Waals surface area contributed by atoms with Gasteiger partial charge in [0.15, 0.2) is 0 Å². The molecule has 0 heteroatoms. The molecule has 4 aliphatic rings. The van der Waals surface area contributed by atoms with Gasteiger partial charge >= 0.3 is 0 Å². The first-order valence-electron chi connectivity index (χ1n) is 7.04. The Bertz CT molecular complexity index is 250. The van der Waals surface area contributed by atoms with Crippen molar-refractivity contribution < 1.29 is 0 Å². The molecule has 2 spiro atoms. The lowest BCUT2D eigenvalue weighted by Crippen LogP contribution is -2.15. The Morgan fingerprint density at radius 1 is 0.600 bits per heavy atom. The Kier molecular flexibility index (Phi) is 1.91. The summed E-state index contributed by atoms with van der Waals surface area (Å²) in [7, 11) is 0. The third kappa shape index (κ3) is 1.20. The molecule has 0 amide bonds. The summed E-state index contributed by atoms with van der Waals surface area (Å²) >= 11 is 0. The van der Waals surface area contributed by atoms with Crippen LogP contribution < -0.4 is 0 Å². The van der Waals surface area contributed by atoms with Crippen LogP contribution in [-0.2, 0) is 0 Å². The van der Waals surface area contributed by atoms with E-state index in [4.69, 9.17) is 0 Å². The summed E-state index contributed by atoms with van der Waals surface area (Å²) in [6.07, 6.45) is 7.66. The van der Waals surface area contributed by atoms with E-state index < -0.39 is 0 Å². The van der Waals surface area contributed by atoms with Crippen LogP contribution in [0.1, 0.15) is 59.8 Å². The fourth-order valence-electron chi connectivity index (χ4n) is 4.45. The predicted molar refractivity (Wildman–Crippen MR) is 64.6 cm³/mol. The zero-order valence-electron chi connectivity index (χ0n) is 10.8. The molecule has 0 aliphatic heterocycles. The van der Waals surface area contributed by atoms with Gasteiger partial charge in [-0.05, 0) is 60.2 Å². The third-order valence-corrected chi connectivity index (χ3v) is 7.02. The Balaban J connectivity index is 0.0000000971. The minimum Gasteiger partial charge on any atom is -0.0617 e. The maximum Gasteiger partial charge on any atom is -0.0240 e. The molecule has 0 aromatic rings. The first-order chi connectivity index (χ1) is 7.04. The second-order valence-electron chi connectivity index (χ2n) is 6.97. The molecule has 15 heavy (non-hydrogen) atoms. The monoisotopic (exact) mass is 206 g/mol. The summed E-state index contributed by atoms with van der Waals surface area (Å²) in [5, 5.41) is 0. The van der Waals surface area contributed by atoms with Crippen molar-refractivity contribution in [3.8, 4) is 0 Å². The van der Waals surface area contributed by atoms with Gasteiger partial charge in [-0.1, -0.05) is 34.1 Å². The van der Waals surface area contributed by atoms with E-state index in [-0.39, 0.29) is 0 Å². The molecule has 4 atom stereocenters. The standard InChI is InChI=1S/C8H14.C7H12/c1-6-7(2)8(6)4-3-5-8;1-5-6(2)7(5)3-4-7/h6-7H,3-5H2,1-2H3;5-6H,3-4H2,1-2H3. The minimum absolute atomic E-state index is 0.889. The number of hydrogen-bond donors (Lipinski definition) is 0. The summed E-state index contributed by atoms with van der Waals surface area (Å²) in [5.74, 6) is 4.28. The molecule has 0 aromatic heterocycles. The van der Waals surface area contributed by atoms with Gasteiger partial charge in [0, 0.05) is 0 Å². The van der Waals surface area contributed by atoms with Crippen molar-refractivity contribution in [2.45, 2.75) is 59.8 Å². The lowest BCUT2D eigenvalue weighted by molar-refractivity contribution is 0.247. The molecule has 0 bridgehead atoms. The molecule has 0 nitrogen and oxygen atoms in total. The maximum atomic E-state index is 2.41. The van der Waals surface area contributed by atoms with E-state index in [0.717, 1.165) is 34.5 Å². The van der Waals surface area contributed by atoms with Crippen LogP contribution in [0.5, 0.6) is 0 Å². The topological polar surface area (TPSA) is 0 Å². The highest BCUT2D eigenvalue weighted by Crippen LogP contribution is 2.74. The molecule has 0 N–H and O–H groups in total. The van der Waals surface area contributed by atoms with Crippen LogP contribution in [0.15, 0.2) is 0 Å². The fraction of sp³-hybridized carbons (Fsp3) is 1.00. The van der Waals surface area contributed by atoms with Gasteiger partial charge in [-0.3, -0.25) is 0 Å². The van der Waals surface area contributed by atoms with Crippen molar-refractivity contribution in [2.75, 3.05) is 0 Å². The van der Waals surface area contributed by atoms with Crippen LogP contribution in [-0.4, -0.2) is 0 Å². The Morgan fingerprint density at radius 3 is 0.933 bits per heavy atom. The maximum absolute atomic E-state index is 2.41. The largest absolute Gasteiger partial charge is 0.0617 e. The second kappa shape index (κ2) is 2.81.